The van der Waals surface area contributed by atoms with Crippen LogP contribution in [0, 0.1) is 12.3 Å². The number of nitrogens with zero attached hydrogens (tertiary/aromatic N) is 1. The zero-order valence-corrected chi connectivity index (χ0v) is 14.9. The number of hydrogen-bond acceptors (Lipinski definition) is 3. The second-order valence-corrected chi connectivity index (χ2v) is 6.39. The number of nitrogens with one attached hydrogen (secondary N) is 2. The molecule has 1 heterocycles. The minimum absolute atomic E-state index is 0.0955. The molecule has 1 aliphatic heterocycles. The van der Waals surface area contributed by atoms with Crippen LogP contribution in [0.15, 0.2) is 18.2 Å². The number of likely N-dealkylation sites (tertiary alicyclic amines) is 1. The maximum Gasteiger partial charge on any atom is 0.254 e. The number of halogens is 2. The van der Waals surface area contributed by atoms with E-state index in [9.17, 15) is 14.4 Å². The second-order valence-electron chi connectivity index (χ2n) is 5.51. The SMILES string of the molecule is C#CCNC(=O)CNC(=O)C1CCCN1C(=O)c1cc(Cl)cc(Cl)c1. The number of carbonyl (C=O) groups excluding carboxylic acids is 3. The van der Waals surface area contributed by atoms with E-state index < -0.39 is 6.04 Å². The highest BCUT2D eigenvalue weighted by molar-refractivity contribution is 6.35. The Morgan fingerprint density at radius 2 is 1.88 bits per heavy atom. The van der Waals surface area contributed by atoms with E-state index in [4.69, 9.17) is 29.6 Å². The third-order valence-corrected chi connectivity index (χ3v) is 4.17. The monoisotopic (exact) mass is 381 g/mol. The van der Waals surface area contributed by atoms with Gasteiger partial charge in [-0.1, -0.05) is 29.1 Å². The maximum absolute atomic E-state index is 12.7. The summed E-state index contributed by atoms with van der Waals surface area (Å²) < 4.78 is 0. The van der Waals surface area contributed by atoms with E-state index >= 15 is 0 Å². The van der Waals surface area contributed by atoms with Crippen molar-refractivity contribution in [1.29, 1.82) is 0 Å². The first-order valence-electron chi connectivity index (χ1n) is 7.67. The van der Waals surface area contributed by atoms with E-state index in [-0.39, 0.29) is 30.8 Å². The molecule has 1 atom stereocenters. The van der Waals surface area contributed by atoms with Crippen LogP contribution in [0.3, 0.4) is 0 Å². The Balaban J connectivity index is 2.01. The second kappa shape index (κ2) is 8.75. The van der Waals surface area contributed by atoms with E-state index in [0.717, 1.165) is 0 Å². The standard InChI is InChI=1S/C17H17Cl2N3O3/c1-2-5-20-15(23)10-21-16(24)14-4-3-6-22(14)17(25)11-7-12(18)9-13(19)8-11/h1,7-9,14H,3-6,10H2,(H,20,23)(H,21,24). The van der Waals surface area contributed by atoms with Crippen LogP contribution in [0.25, 0.3) is 0 Å². The Hall–Kier alpha value is -2.23. The summed E-state index contributed by atoms with van der Waals surface area (Å²) in [6.07, 6.45) is 6.27. The summed E-state index contributed by atoms with van der Waals surface area (Å²) in [7, 11) is 0. The third kappa shape index (κ3) is 5.12. The fourth-order valence-electron chi connectivity index (χ4n) is 2.62. The zero-order chi connectivity index (χ0) is 18.4. The molecule has 1 aromatic carbocycles. The van der Waals surface area contributed by atoms with Gasteiger partial charge in [0.2, 0.25) is 11.8 Å². The van der Waals surface area contributed by atoms with Crippen LogP contribution in [-0.4, -0.2) is 48.3 Å². The van der Waals surface area contributed by atoms with Crippen molar-refractivity contribution in [3.05, 3.63) is 33.8 Å². The highest BCUT2D eigenvalue weighted by Crippen LogP contribution is 2.24. The summed E-state index contributed by atoms with van der Waals surface area (Å²) in [5, 5.41) is 5.67. The summed E-state index contributed by atoms with van der Waals surface area (Å²) in [4.78, 5) is 38.0. The Labute approximate surface area is 155 Å². The molecule has 3 amide bonds. The van der Waals surface area contributed by atoms with E-state index in [0.29, 0.717) is 35.0 Å². The molecule has 2 N–H and O–H groups in total. The number of carbonyl (C=O) groups is 3. The summed E-state index contributed by atoms with van der Waals surface area (Å²) in [6, 6.07) is 3.92. The molecular weight excluding hydrogens is 365 g/mol. The first-order valence-corrected chi connectivity index (χ1v) is 8.43. The van der Waals surface area contributed by atoms with Gasteiger partial charge in [-0.25, -0.2) is 0 Å². The summed E-state index contributed by atoms with van der Waals surface area (Å²) >= 11 is 11.9. The predicted octanol–water partition coefficient (Wildman–Crippen LogP) is 1.46. The lowest BCUT2D eigenvalue weighted by Gasteiger charge is -2.24. The van der Waals surface area contributed by atoms with E-state index in [1.807, 2.05) is 0 Å². The molecule has 0 radical (unpaired) electrons. The molecule has 8 heteroatoms. The molecule has 25 heavy (non-hydrogen) atoms. The van der Waals surface area contributed by atoms with Crippen molar-refractivity contribution in [2.75, 3.05) is 19.6 Å². The minimum atomic E-state index is -0.634. The van der Waals surface area contributed by atoms with Gasteiger partial charge in [0.1, 0.15) is 6.04 Å². The fourth-order valence-corrected chi connectivity index (χ4v) is 3.15. The first-order chi connectivity index (χ1) is 11.9. The van der Waals surface area contributed by atoms with Gasteiger partial charge in [0, 0.05) is 22.2 Å². The molecule has 1 fully saturated rings. The number of benzene rings is 1. The van der Waals surface area contributed by atoms with Crippen LogP contribution >= 0.6 is 23.2 Å². The van der Waals surface area contributed by atoms with Crippen LogP contribution in [0.1, 0.15) is 23.2 Å². The van der Waals surface area contributed by atoms with Gasteiger partial charge < -0.3 is 15.5 Å². The van der Waals surface area contributed by atoms with Crippen LogP contribution in [0.4, 0.5) is 0 Å². The van der Waals surface area contributed by atoms with Crippen molar-refractivity contribution in [1.82, 2.24) is 15.5 Å². The van der Waals surface area contributed by atoms with Gasteiger partial charge in [-0.3, -0.25) is 14.4 Å². The van der Waals surface area contributed by atoms with Crippen molar-refractivity contribution in [3.63, 3.8) is 0 Å². The number of terminal acetylenes is 1. The average Bonchev–Trinajstić information content (AvgIpc) is 3.05. The lowest BCUT2D eigenvalue weighted by Crippen LogP contribution is -2.48. The average molecular weight is 382 g/mol. The van der Waals surface area contributed by atoms with Gasteiger partial charge in [0.15, 0.2) is 0 Å². The molecule has 0 saturated carbocycles. The Kier molecular flexibility index (Phi) is 6.68. The molecule has 0 bridgehead atoms. The van der Waals surface area contributed by atoms with E-state index in [2.05, 4.69) is 16.6 Å². The van der Waals surface area contributed by atoms with Crippen LogP contribution in [0.2, 0.25) is 10.0 Å². The Bertz CT molecular complexity index is 710. The molecular formula is C17H17Cl2N3O3. The van der Waals surface area contributed by atoms with Gasteiger partial charge in [-0.05, 0) is 31.0 Å². The largest absolute Gasteiger partial charge is 0.345 e. The van der Waals surface area contributed by atoms with Gasteiger partial charge in [0.25, 0.3) is 5.91 Å². The van der Waals surface area contributed by atoms with Crippen LogP contribution in [-0.2, 0) is 9.59 Å². The van der Waals surface area contributed by atoms with Crippen molar-refractivity contribution in [3.8, 4) is 12.3 Å². The van der Waals surface area contributed by atoms with Gasteiger partial charge >= 0.3 is 0 Å². The molecule has 6 nitrogen and oxygen atoms in total. The van der Waals surface area contributed by atoms with Gasteiger partial charge in [-0.2, -0.15) is 0 Å². The van der Waals surface area contributed by atoms with Crippen LogP contribution < -0.4 is 10.6 Å². The zero-order valence-electron chi connectivity index (χ0n) is 13.4. The normalized spacial score (nSPS) is 16.2. The maximum atomic E-state index is 12.7. The quantitative estimate of drug-likeness (QED) is 0.757. The smallest absolute Gasteiger partial charge is 0.254 e. The first kappa shape index (κ1) is 19.1. The summed E-state index contributed by atoms with van der Waals surface area (Å²) in [5.74, 6) is 1.19. The molecule has 0 aliphatic carbocycles. The number of hydrogen-bond donors (Lipinski definition) is 2. The van der Waals surface area contributed by atoms with E-state index in [1.165, 1.54) is 23.1 Å². The fraction of sp³-hybridized carbons (Fsp3) is 0.353. The van der Waals surface area contributed by atoms with Crippen molar-refractivity contribution >= 4 is 40.9 Å². The van der Waals surface area contributed by atoms with Crippen molar-refractivity contribution in [2.24, 2.45) is 0 Å². The Morgan fingerprint density at radius 3 is 2.52 bits per heavy atom. The lowest BCUT2D eigenvalue weighted by atomic mass is 10.1. The number of rotatable bonds is 5. The van der Waals surface area contributed by atoms with Gasteiger partial charge in [-0.15, -0.1) is 6.42 Å². The Morgan fingerprint density at radius 1 is 1.20 bits per heavy atom. The molecule has 1 saturated heterocycles. The molecule has 1 aliphatic rings. The minimum Gasteiger partial charge on any atom is -0.345 e. The molecule has 1 unspecified atom stereocenters. The van der Waals surface area contributed by atoms with Gasteiger partial charge in [0.05, 0.1) is 13.1 Å². The van der Waals surface area contributed by atoms with Crippen molar-refractivity contribution < 1.29 is 14.4 Å². The third-order valence-electron chi connectivity index (χ3n) is 3.74. The predicted molar refractivity (Wildman–Crippen MR) is 95.4 cm³/mol. The number of amides is 3. The summed E-state index contributed by atoms with van der Waals surface area (Å²) in [5.41, 5.74) is 0.323. The summed E-state index contributed by atoms with van der Waals surface area (Å²) in [6.45, 7) is 0.352. The van der Waals surface area contributed by atoms with Crippen molar-refractivity contribution in [2.45, 2.75) is 18.9 Å². The highest BCUT2D eigenvalue weighted by Gasteiger charge is 2.34. The molecule has 2 rings (SSSR count). The molecule has 0 spiro atoms. The molecule has 132 valence electrons. The topological polar surface area (TPSA) is 78.5 Å². The highest BCUT2D eigenvalue weighted by atomic mass is 35.5. The van der Waals surface area contributed by atoms with E-state index in [1.54, 1.807) is 0 Å². The molecule has 0 aromatic heterocycles. The molecule has 1 aromatic rings. The van der Waals surface area contributed by atoms with Crippen LogP contribution in [0.5, 0.6) is 0 Å². The lowest BCUT2D eigenvalue weighted by molar-refractivity contribution is -0.128.